The topological polar surface area (TPSA) is 34.9 Å². The molecule has 0 amide bonds. The number of Topliss-reactive ketones (excluding diaryl/α,β-unsaturated/α-hetero) is 1. The van der Waals surface area contributed by atoms with E-state index in [-0.39, 0.29) is 5.78 Å². The van der Waals surface area contributed by atoms with E-state index >= 15 is 0 Å². The minimum absolute atomic E-state index is 0.0584. The van der Waals surface area contributed by atoms with Crippen molar-refractivity contribution in [1.29, 1.82) is 0 Å². The Hall–Kier alpha value is -1.12. The van der Waals surface area contributed by atoms with Crippen LogP contribution in [0.15, 0.2) is 6.07 Å². The van der Waals surface area contributed by atoms with Crippen LogP contribution in [0.25, 0.3) is 0 Å². The second kappa shape index (κ2) is 2.25. The molecule has 1 heterocycles. The van der Waals surface area contributed by atoms with Gasteiger partial charge in [0.2, 0.25) is 0 Å². The van der Waals surface area contributed by atoms with Crippen LogP contribution in [0, 0.1) is 6.92 Å². The van der Waals surface area contributed by atoms with Gasteiger partial charge in [-0.1, -0.05) is 0 Å². The first-order chi connectivity index (χ1) is 4.61. The molecule has 1 rings (SSSR count). The molecule has 0 N–H and O–H groups in total. The Kier molecular flexibility index (Phi) is 1.57. The van der Waals surface area contributed by atoms with Crippen LogP contribution in [0.3, 0.4) is 0 Å². The fraction of sp³-hybridized carbons (Fsp3) is 0.429. The molecule has 0 saturated heterocycles. The number of rotatable bonds is 1. The largest absolute Gasteiger partial charge is 0.293 e. The molecule has 0 aliphatic carbocycles. The molecule has 0 unspecified atom stereocenters. The molecule has 0 bridgehead atoms. The average molecular weight is 138 g/mol. The highest BCUT2D eigenvalue weighted by atomic mass is 16.1. The Labute approximate surface area is 59.7 Å². The Morgan fingerprint density at radius 3 is 2.50 bits per heavy atom. The van der Waals surface area contributed by atoms with Gasteiger partial charge in [0.15, 0.2) is 5.78 Å². The lowest BCUT2D eigenvalue weighted by molar-refractivity contribution is 0.100. The fourth-order valence-electron chi connectivity index (χ4n) is 0.940. The Morgan fingerprint density at radius 1 is 1.70 bits per heavy atom. The zero-order valence-electron chi connectivity index (χ0n) is 6.38. The molecule has 1 aromatic rings. The summed E-state index contributed by atoms with van der Waals surface area (Å²) in [5, 5.41) is 4.03. The van der Waals surface area contributed by atoms with Crippen molar-refractivity contribution in [3.8, 4) is 0 Å². The molecule has 10 heavy (non-hydrogen) atoms. The highest BCUT2D eigenvalue weighted by Gasteiger charge is 2.04. The Morgan fingerprint density at radius 2 is 2.30 bits per heavy atom. The maximum atomic E-state index is 10.8. The van der Waals surface area contributed by atoms with E-state index in [0.717, 1.165) is 5.69 Å². The minimum atomic E-state index is 0.0584. The normalized spacial score (nSPS) is 9.90. The molecule has 0 aliphatic heterocycles. The lowest BCUT2D eigenvalue weighted by Gasteiger charge is -1.92. The van der Waals surface area contributed by atoms with Crippen LogP contribution in [-0.2, 0) is 7.05 Å². The van der Waals surface area contributed by atoms with Crippen molar-refractivity contribution in [1.82, 2.24) is 9.78 Å². The van der Waals surface area contributed by atoms with Crippen LogP contribution in [0.1, 0.15) is 23.1 Å². The van der Waals surface area contributed by atoms with Crippen LogP contribution < -0.4 is 0 Å². The van der Waals surface area contributed by atoms with Crippen molar-refractivity contribution in [2.24, 2.45) is 7.05 Å². The Bertz CT molecular complexity index is 263. The third-order valence-corrected chi connectivity index (χ3v) is 1.36. The second-order valence-corrected chi connectivity index (χ2v) is 2.35. The fourth-order valence-corrected chi connectivity index (χ4v) is 0.940. The second-order valence-electron chi connectivity index (χ2n) is 2.35. The van der Waals surface area contributed by atoms with Gasteiger partial charge in [0.25, 0.3) is 0 Å². The van der Waals surface area contributed by atoms with Gasteiger partial charge in [-0.15, -0.1) is 0 Å². The van der Waals surface area contributed by atoms with Crippen molar-refractivity contribution in [3.63, 3.8) is 0 Å². The van der Waals surface area contributed by atoms with Gasteiger partial charge in [0.1, 0.15) is 5.69 Å². The summed E-state index contributed by atoms with van der Waals surface area (Å²) in [6.45, 7) is 3.41. The van der Waals surface area contributed by atoms with Crippen LogP contribution in [0.2, 0.25) is 0 Å². The van der Waals surface area contributed by atoms with E-state index in [2.05, 4.69) is 5.10 Å². The van der Waals surface area contributed by atoms with Crippen molar-refractivity contribution in [2.75, 3.05) is 0 Å². The zero-order chi connectivity index (χ0) is 7.72. The highest BCUT2D eigenvalue weighted by molar-refractivity contribution is 5.92. The van der Waals surface area contributed by atoms with Gasteiger partial charge in [0, 0.05) is 14.0 Å². The van der Waals surface area contributed by atoms with Crippen LogP contribution in [0.4, 0.5) is 0 Å². The molecule has 0 saturated carbocycles. The molecule has 3 nitrogen and oxygen atoms in total. The predicted octanol–water partition coefficient (Wildman–Crippen LogP) is 0.931. The number of carbonyl (C=O) groups excluding carboxylic acids is 1. The van der Waals surface area contributed by atoms with E-state index in [4.69, 9.17) is 0 Å². The summed E-state index contributed by atoms with van der Waals surface area (Å²) in [7, 11) is 1.77. The summed E-state index contributed by atoms with van der Waals surface area (Å²) in [6.07, 6.45) is 0. The van der Waals surface area contributed by atoms with Crippen molar-refractivity contribution in [3.05, 3.63) is 17.5 Å². The maximum absolute atomic E-state index is 10.8. The first-order valence-corrected chi connectivity index (χ1v) is 3.13. The standard InChI is InChI=1S/C7H10N2O/c1-5-4-7(6(2)10)9(3)8-5/h4H,1-3H3. The number of carbonyl (C=O) groups is 1. The molecular weight excluding hydrogens is 128 g/mol. The molecular formula is C7H10N2O. The zero-order valence-corrected chi connectivity index (χ0v) is 6.38. The smallest absolute Gasteiger partial charge is 0.177 e. The molecule has 0 spiro atoms. The van der Waals surface area contributed by atoms with Gasteiger partial charge in [-0.25, -0.2) is 0 Å². The quantitative estimate of drug-likeness (QED) is 0.541. The van der Waals surface area contributed by atoms with E-state index in [0.29, 0.717) is 5.69 Å². The molecule has 0 atom stereocenters. The first kappa shape index (κ1) is 6.99. The maximum Gasteiger partial charge on any atom is 0.177 e. The lowest BCUT2D eigenvalue weighted by atomic mass is 10.3. The molecule has 0 aromatic carbocycles. The van der Waals surface area contributed by atoms with Crippen molar-refractivity contribution < 1.29 is 4.79 Å². The van der Waals surface area contributed by atoms with E-state index in [1.807, 2.05) is 6.92 Å². The average Bonchev–Trinajstić information content (AvgIpc) is 2.10. The minimum Gasteiger partial charge on any atom is -0.293 e. The molecule has 0 aliphatic rings. The highest BCUT2D eigenvalue weighted by Crippen LogP contribution is 2.01. The first-order valence-electron chi connectivity index (χ1n) is 3.13. The summed E-state index contributed by atoms with van der Waals surface area (Å²) in [4.78, 5) is 10.8. The number of nitrogens with zero attached hydrogens (tertiary/aromatic N) is 2. The van der Waals surface area contributed by atoms with Gasteiger partial charge < -0.3 is 0 Å². The number of aryl methyl sites for hydroxylation is 2. The summed E-state index contributed by atoms with van der Waals surface area (Å²) in [5.74, 6) is 0.0584. The summed E-state index contributed by atoms with van der Waals surface area (Å²) < 4.78 is 1.59. The van der Waals surface area contributed by atoms with E-state index < -0.39 is 0 Å². The van der Waals surface area contributed by atoms with E-state index in [9.17, 15) is 4.79 Å². The third kappa shape index (κ3) is 1.07. The Balaban J connectivity index is 3.15. The van der Waals surface area contributed by atoms with Gasteiger partial charge in [0.05, 0.1) is 5.69 Å². The predicted molar refractivity (Wildman–Crippen MR) is 37.9 cm³/mol. The van der Waals surface area contributed by atoms with Crippen LogP contribution in [-0.4, -0.2) is 15.6 Å². The van der Waals surface area contributed by atoms with Gasteiger partial charge in [-0.05, 0) is 13.0 Å². The van der Waals surface area contributed by atoms with Crippen molar-refractivity contribution in [2.45, 2.75) is 13.8 Å². The molecule has 0 fully saturated rings. The van der Waals surface area contributed by atoms with Crippen LogP contribution >= 0.6 is 0 Å². The number of ketones is 1. The molecule has 0 radical (unpaired) electrons. The van der Waals surface area contributed by atoms with Gasteiger partial charge >= 0.3 is 0 Å². The number of hydrogen-bond acceptors (Lipinski definition) is 2. The van der Waals surface area contributed by atoms with E-state index in [1.54, 1.807) is 17.8 Å². The third-order valence-electron chi connectivity index (χ3n) is 1.36. The monoisotopic (exact) mass is 138 g/mol. The SMILES string of the molecule is CC(=O)c1cc(C)nn1C. The lowest BCUT2D eigenvalue weighted by Crippen LogP contribution is -2.02. The van der Waals surface area contributed by atoms with Gasteiger partial charge in [-0.3, -0.25) is 9.48 Å². The molecule has 3 heteroatoms. The molecule has 1 aromatic heterocycles. The number of hydrogen-bond donors (Lipinski definition) is 0. The van der Waals surface area contributed by atoms with Crippen molar-refractivity contribution >= 4 is 5.78 Å². The summed E-state index contributed by atoms with van der Waals surface area (Å²) >= 11 is 0. The summed E-state index contributed by atoms with van der Waals surface area (Å²) in [5.41, 5.74) is 1.55. The van der Waals surface area contributed by atoms with E-state index in [1.165, 1.54) is 6.92 Å². The van der Waals surface area contributed by atoms with Gasteiger partial charge in [-0.2, -0.15) is 5.10 Å². The summed E-state index contributed by atoms with van der Waals surface area (Å²) in [6, 6.07) is 1.78. The molecule has 54 valence electrons. The van der Waals surface area contributed by atoms with Crippen LogP contribution in [0.5, 0.6) is 0 Å². The number of aromatic nitrogens is 2.